The van der Waals surface area contributed by atoms with Crippen molar-refractivity contribution in [3.05, 3.63) is 78.5 Å². The van der Waals surface area contributed by atoms with Gasteiger partial charge in [-0.05, 0) is 30.2 Å². The van der Waals surface area contributed by atoms with Crippen LogP contribution in [0.2, 0.25) is 0 Å². The van der Waals surface area contributed by atoms with Crippen LogP contribution in [0.5, 0.6) is 0 Å². The highest BCUT2D eigenvalue weighted by Gasteiger charge is 2.30. The number of carbonyl (C=O) groups is 1. The van der Waals surface area contributed by atoms with E-state index in [1.54, 1.807) is 17.3 Å². The van der Waals surface area contributed by atoms with Crippen LogP contribution < -0.4 is 17.0 Å². The number of carbonyl (C=O) groups excluding carboxylic acids is 1. The number of ether oxygens (including phenoxy) is 1. The maximum absolute atomic E-state index is 12.4. The van der Waals surface area contributed by atoms with Crippen LogP contribution in [0.4, 0.5) is 13.2 Å². The number of hydrogen-bond acceptors (Lipinski definition) is 7. The normalized spacial score (nSPS) is 16.2. The largest absolute Gasteiger partial charge is 0.416 e. The molecule has 0 aliphatic carbocycles. The lowest BCUT2D eigenvalue weighted by Gasteiger charge is -2.15. The average Bonchev–Trinajstić information content (AvgIpc) is 3.27. The zero-order valence-corrected chi connectivity index (χ0v) is 17.3. The van der Waals surface area contributed by atoms with E-state index < -0.39 is 11.7 Å². The number of halogens is 3. The van der Waals surface area contributed by atoms with Gasteiger partial charge in [0.2, 0.25) is 5.91 Å². The van der Waals surface area contributed by atoms with Crippen LogP contribution in [0.15, 0.2) is 61.8 Å². The lowest BCUT2D eigenvalue weighted by Crippen LogP contribution is -2.28. The van der Waals surface area contributed by atoms with Crippen molar-refractivity contribution < 1.29 is 22.7 Å². The van der Waals surface area contributed by atoms with E-state index in [0.717, 1.165) is 24.1 Å². The predicted molar refractivity (Wildman–Crippen MR) is 113 cm³/mol. The van der Waals surface area contributed by atoms with Gasteiger partial charge >= 0.3 is 6.18 Å². The first-order chi connectivity index (χ1) is 15.2. The van der Waals surface area contributed by atoms with Crippen molar-refractivity contribution in [2.24, 2.45) is 11.6 Å². The van der Waals surface area contributed by atoms with E-state index in [2.05, 4.69) is 22.0 Å². The van der Waals surface area contributed by atoms with E-state index in [0.29, 0.717) is 24.4 Å². The van der Waals surface area contributed by atoms with Gasteiger partial charge in [0.05, 0.1) is 24.0 Å². The predicted octanol–water partition coefficient (Wildman–Crippen LogP) is 2.21. The molecule has 1 fully saturated rings. The van der Waals surface area contributed by atoms with Crippen LogP contribution >= 0.6 is 0 Å². The number of nitrogens with zero attached hydrogens (tertiary/aromatic N) is 3. The van der Waals surface area contributed by atoms with Crippen molar-refractivity contribution in [1.29, 1.82) is 0 Å². The highest BCUT2D eigenvalue weighted by molar-refractivity contribution is 5.87. The van der Waals surface area contributed by atoms with Gasteiger partial charge < -0.3 is 20.8 Å². The number of nitrogens with one attached hydrogen (secondary N) is 1. The molecule has 5 N–H and O–H groups in total. The molecule has 1 aromatic carbocycles. The first-order valence-corrected chi connectivity index (χ1v) is 9.60. The third-order valence-electron chi connectivity index (χ3n) is 4.53. The summed E-state index contributed by atoms with van der Waals surface area (Å²) in [5.41, 5.74) is 9.12. The molecule has 11 heteroatoms. The van der Waals surface area contributed by atoms with E-state index in [1.165, 1.54) is 30.7 Å². The monoisotopic (exact) mass is 450 g/mol. The van der Waals surface area contributed by atoms with Crippen LogP contribution in [0.25, 0.3) is 5.70 Å². The fourth-order valence-corrected chi connectivity index (χ4v) is 2.82. The summed E-state index contributed by atoms with van der Waals surface area (Å²) < 4.78 is 42.9. The Bertz CT molecular complexity index is 904. The number of hydrogen-bond donors (Lipinski definition) is 3. The Morgan fingerprint density at radius 2 is 1.94 bits per heavy atom. The number of likely N-dealkylation sites (tertiary alicyclic amines) is 1. The molecule has 1 aliphatic heterocycles. The van der Waals surface area contributed by atoms with Crippen LogP contribution in [0.3, 0.4) is 0 Å². The Morgan fingerprint density at radius 1 is 1.28 bits per heavy atom. The van der Waals surface area contributed by atoms with Crippen molar-refractivity contribution in [1.82, 2.24) is 20.3 Å². The third kappa shape index (κ3) is 7.67. The highest BCUT2D eigenvalue weighted by atomic mass is 19.4. The number of amides is 1. The van der Waals surface area contributed by atoms with Crippen LogP contribution in [-0.2, 0) is 22.3 Å². The summed E-state index contributed by atoms with van der Waals surface area (Å²) in [5.74, 6) is 4.89. The molecular formula is C21H25F3N6O2. The minimum atomic E-state index is -4.32. The maximum Gasteiger partial charge on any atom is 0.416 e. The summed E-state index contributed by atoms with van der Waals surface area (Å²) in [6.07, 6.45) is 3.70. The van der Waals surface area contributed by atoms with Gasteiger partial charge in [0.25, 0.3) is 0 Å². The van der Waals surface area contributed by atoms with Crippen LogP contribution in [-0.4, -0.2) is 40.0 Å². The molecular weight excluding hydrogens is 425 g/mol. The van der Waals surface area contributed by atoms with Gasteiger partial charge in [0, 0.05) is 37.2 Å². The van der Waals surface area contributed by atoms with E-state index in [1.807, 2.05) is 0 Å². The molecule has 0 saturated carbocycles. The molecule has 0 radical (unpaired) electrons. The Labute approximate surface area is 183 Å². The van der Waals surface area contributed by atoms with Gasteiger partial charge in [0.15, 0.2) is 0 Å². The molecule has 0 spiro atoms. The zero-order chi connectivity index (χ0) is 23.6. The van der Waals surface area contributed by atoms with Crippen molar-refractivity contribution in [3.8, 4) is 0 Å². The molecule has 1 atom stereocenters. The van der Waals surface area contributed by atoms with Crippen LogP contribution in [0.1, 0.15) is 23.1 Å². The van der Waals surface area contributed by atoms with Gasteiger partial charge in [-0.2, -0.15) is 13.2 Å². The maximum atomic E-state index is 12.4. The summed E-state index contributed by atoms with van der Waals surface area (Å²) in [7, 11) is 0. The number of aromatic nitrogens is 2. The molecule has 32 heavy (non-hydrogen) atoms. The lowest BCUT2D eigenvalue weighted by molar-refractivity contribution is -0.137. The van der Waals surface area contributed by atoms with Crippen LogP contribution in [0, 0.1) is 0 Å². The van der Waals surface area contributed by atoms with E-state index in [9.17, 15) is 18.0 Å². The molecule has 1 saturated heterocycles. The molecule has 1 unspecified atom stereocenters. The molecule has 0 bridgehead atoms. The third-order valence-corrected chi connectivity index (χ3v) is 4.53. The average molecular weight is 450 g/mol. The molecule has 2 heterocycles. The minimum absolute atomic E-state index is 0.0869. The number of rotatable bonds is 6. The summed E-state index contributed by atoms with van der Waals surface area (Å²) in [6.45, 7) is 4.77. The smallest absolute Gasteiger partial charge is 0.397 e. The molecule has 1 amide bonds. The standard InChI is InChI=1S/C15H16F3NO2.C6H9N5/c1-2-14(20)19-8-7-13(9-19)21-10-11-3-5-12(6-4-11)15(16,17)18;7-6(3-11-8)5-1-9-4-10-2-5/h2-6,13H,1,7-10H2;1-4,11H,7-8H2/b;6-3-. The number of benzene rings is 1. The zero-order valence-electron chi connectivity index (χ0n) is 17.3. The first kappa shape index (κ1) is 24.8. The molecule has 1 aromatic heterocycles. The minimum Gasteiger partial charge on any atom is -0.397 e. The van der Waals surface area contributed by atoms with Gasteiger partial charge in [-0.1, -0.05) is 18.7 Å². The quantitative estimate of drug-likeness (QED) is 0.351. The Kier molecular flexibility index (Phi) is 9.17. The van der Waals surface area contributed by atoms with Gasteiger partial charge in [-0.15, -0.1) is 0 Å². The second kappa shape index (κ2) is 11.8. The first-order valence-electron chi connectivity index (χ1n) is 9.60. The van der Waals surface area contributed by atoms with Gasteiger partial charge in [0.1, 0.15) is 6.33 Å². The topological polar surface area (TPSA) is 119 Å². The number of alkyl halides is 3. The van der Waals surface area contributed by atoms with Crippen molar-refractivity contribution >= 4 is 11.6 Å². The number of hydrazine groups is 1. The molecule has 2 aromatic rings. The van der Waals surface area contributed by atoms with Gasteiger partial charge in [-0.3, -0.25) is 10.6 Å². The van der Waals surface area contributed by atoms with Crippen molar-refractivity contribution in [2.75, 3.05) is 13.1 Å². The molecule has 172 valence electrons. The van der Waals surface area contributed by atoms with E-state index >= 15 is 0 Å². The number of nitrogens with two attached hydrogens (primary N) is 2. The Morgan fingerprint density at radius 3 is 2.50 bits per heavy atom. The molecule has 8 nitrogen and oxygen atoms in total. The van der Waals surface area contributed by atoms with E-state index in [4.69, 9.17) is 16.3 Å². The highest BCUT2D eigenvalue weighted by Crippen LogP contribution is 2.29. The second-order valence-electron chi connectivity index (χ2n) is 6.80. The second-order valence-corrected chi connectivity index (χ2v) is 6.80. The summed E-state index contributed by atoms with van der Waals surface area (Å²) in [5, 5.41) is 0. The molecule has 3 rings (SSSR count). The Hall–Kier alpha value is -3.44. The van der Waals surface area contributed by atoms with Crippen molar-refractivity contribution in [2.45, 2.75) is 25.3 Å². The summed E-state index contributed by atoms with van der Waals surface area (Å²) >= 11 is 0. The summed E-state index contributed by atoms with van der Waals surface area (Å²) in [6, 6.07) is 4.90. The fourth-order valence-electron chi connectivity index (χ4n) is 2.82. The van der Waals surface area contributed by atoms with E-state index in [-0.39, 0.29) is 18.6 Å². The Balaban J connectivity index is 0.000000278. The lowest BCUT2D eigenvalue weighted by atomic mass is 10.1. The van der Waals surface area contributed by atoms with Gasteiger partial charge in [-0.25, -0.2) is 9.97 Å². The molecule has 1 aliphatic rings. The van der Waals surface area contributed by atoms with Crippen molar-refractivity contribution in [3.63, 3.8) is 0 Å². The fraction of sp³-hybridized carbons (Fsp3) is 0.286. The summed E-state index contributed by atoms with van der Waals surface area (Å²) in [4.78, 5) is 20.6. The SMILES string of the molecule is C=CC(=O)N1CCC(OCc2ccc(C(F)(F)F)cc2)C1.NN/C=C(\N)c1cncnc1.